The number of rotatable bonds is 3. The molecule has 1 aromatic heterocycles. The number of nitrogens with zero attached hydrogens (tertiary/aromatic N) is 2. The summed E-state index contributed by atoms with van der Waals surface area (Å²) in [6, 6.07) is 8.05. The minimum absolute atomic E-state index is 0.477. The average Bonchev–Trinajstić information content (AvgIpc) is 2.76. The molecule has 1 aliphatic rings. The molecule has 0 radical (unpaired) electrons. The molecule has 0 spiro atoms. The van der Waals surface area contributed by atoms with Crippen molar-refractivity contribution in [3.05, 3.63) is 30.0 Å². The predicted octanol–water partition coefficient (Wildman–Crippen LogP) is 3.40. The summed E-state index contributed by atoms with van der Waals surface area (Å²) in [5.74, 6) is -0.186. The SMILES string of the molecule is CC1CCCC(Cc2nn(C)c3ccccc23)(C(=O)O)C1. The Morgan fingerprint density at radius 1 is 1.48 bits per heavy atom. The van der Waals surface area contributed by atoms with Gasteiger partial charge in [-0.05, 0) is 24.8 Å². The Labute approximate surface area is 124 Å². The number of aliphatic carboxylic acids is 1. The lowest BCUT2D eigenvalue weighted by atomic mass is 9.67. The predicted molar refractivity (Wildman–Crippen MR) is 82.1 cm³/mol. The molecule has 0 bridgehead atoms. The maximum Gasteiger partial charge on any atom is 0.310 e. The van der Waals surface area contributed by atoms with Crippen LogP contribution in [0.1, 0.15) is 38.3 Å². The summed E-state index contributed by atoms with van der Waals surface area (Å²) in [5.41, 5.74) is 1.34. The normalized spacial score (nSPS) is 26.1. The van der Waals surface area contributed by atoms with Crippen molar-refractivity contribution in [3.63, 3.8) is 0 Å². The second-order valence-corrected chi connectivity index (χ2v) is 6.55. The lowest BCUT2D eigenvalue weighted by Crippen LogP contribution is -2.38. The van der Waals surface area contributed by atoms with Gasteiger partial charge in [0.25, 0.3) is 0 Å². The van der Waals surface area contributed by atoms with Crippen LogP contribution in [0, 0.1) is 11.3 Å². The van der Waals surface area contributed by atoms with Crippen molar-refractivity contribution in [2.75, 3.05) is 0 Å². The summed E-state index contributed by atoms with van der Waals surface area (Å²) < 4.78 is 1.85. The van der Waals surface area contributed by atoms with Gasteiger partial charge >= 0.3 is 5.97 Å². The molecular formula is C17H22N2O2. The van der Waals surface area contributed by atoms with E-state index in [1.807, 2.05) is 36.0 Å². The second kappa shape index (κ2) is 5.17. The number of aromatic nitrogens is 2. The standard InChI is InChI=1S/C17H22N2O2/c1-12-6-5-9-17(10-12,16(20)21)11-14-13-7-3-4-8-15(13)19(2)18-14/h3-4,7-8,12H,5-6,9-11H2,1-2H3,(H,20,21). The maximum absolute atomic E-state index is 11.9. The lowest BCUT2D eigenvalue weighted by molar-refractivity contribution is -0.152. The van der Waals surface area contributed by atoms with Crippen LogP contribution >= 0.6 is 0 Å². The lowest BCUT2D eigenvalue weighted by Gasteiger charge is -2.36. The molecule has 3 rings (SSSR count). The van der Waals surface area contributed by atoms with E-state index in [0.717, 1.165) is 42.3 Å². The second-order valence-electron chi connectivity index (χ2n) is 6.55. The molecule has 2 atom stereocenters. The first-order valence-electron chi connectivity index (χ1n) is 7.66. The zero-order valence-corrected chi connectivity index (χ0v) is 12.7. The highest BCUT2D eigenvalue weighted by atomic mass is 16.4. The van der Waals surface area contributed by atoms with Crippen LogP contribution < -0.4 is 0 Å². The van der Waals surface area contributed by atoms with Gasteiger partial charge in [-0.15, -0.1) is 0 Å². The van der Waals surface area contributed by atoms with E-state index in [4.69, 9.17) is 0 Å². The Morgan fingerprint density at radius 2 is 2.24 bits per heavy atom. The van der Waals surface area contributed by atoms with Crippen molar-refractivity contribution in [2.24, 2.45) is 18.4 Å². The van der Waals surface area contributed by atoms with E-state index in [2.05, 4.69) is 12.0 Å². The maximum atomic E-state index is 11.9. The van der Waals surface area contributed by atoms with Crippen LogP contribution in [0.3, 0.4) is 0 Å². The van der Waals surface area contributed by atoms with Gasteiger partial charge in [0.1, 0.15) is 0 Å². The van der Waals surface area contributed by atoms with E-state index in [0.29, 0.717) is 12.3 Å². The molecule has 1 aliphatic carbocycles. The first-order chi connectivity index (χ1) is 10.0. The minimum Gasteiger partial charge on any atom is -0.481 e. The molecule has 21 heavy (non-hydrogen) atoms. The Balaban J connectivity index is 2.01. The molecule has 112 valence electrons. The highest BCUT2D eigenvalue weighted by Gasteiger charge is 2.42. The fourth-order valence-electron chi connectivity index (χ4n) is 3.83. The Bertz CT molecular complexity index is 676. The number of carbonyl (C=O) groups is 1. The molecule has 4 nitrogen and oxygen atoms in total. The van der Waals surface area contributed by atoms with Crippen LogP contribution in [-0.4, -0.2) is 20.9 Å². The van der Waals surface area contributed by atoms with Gasteiger partial charge in [0.05, 0.1) is 16.6 Å². The Hall–Kier alpha value is -1.84. The quantitative estimate of drug-likeness (QED) is 0.941. The Kier molecular flexibility index (Phi) is 3.47. The van der Waals surface area contributed by atoms with E-state index < -0.39 is 11.4 Å². The third-order valence-electron chi connectivity index (χ3n) is 4.89. The summed E-state index contributed by atoms with van der Waals surface area (Å²) in [5, 5.41) is 15.5. The van der Waals surface area contributed by atoms with E-state index >= 15 is 0 Å². The number of aryl methyl sites for hydroxylation is 1. The van der Waals surface area contributed by atoms with Crippen LogP contribution in [0.4, 0.5) is 0 Å². The minimum atomic E-state index is -0.663. The largest absolute Gasteiger partial charge is 0.481 e. The number of carboxylic acids is 1. The fourth-order valence-corrected chi connectivity index (χ4v) is 3.83. The molecular weight excluding hydrogens is 264 g/mol. The fraction of sp³-hybridized carbons (Fsp3) is 0.529. The third-order valence-corrected chi connectivity index (χ3v) is 4.89. The highest BCUT2D eigenvalue weighted by molar-refractivity contribution is 5.83. The van der Waals surface area contributed by atoms with Crippen molar-refractivity contribution in [1.82, 2.24) is 9.78 Å². The molecule has 0 aliphatic heterocycles. The summed E-state index contributed by atoms with van der Waals surface area (Å²) in [6.07, 6.45) is 4.19. The molecule has 1 heterocycles. The average molecular weight is 286 g/mol. The van der Waals surface area contributed by atoms with Crippen molar-refractivity contribution in [2.45, 2.75) is 39.0 Å². The van der Waals surface area contributed by atoms with Gasteiger partial charge in [0, 0.05) is 18.9 Å². The molecule has 1 fully saturated rings. The monoisotopic (exact) mass is 286 g/mol. The highest BCUT2D eigenvalue weighted by Crippen LogP contribution is 2.42. The van der Waals surface area contributed by atoms with E-state index in [1.165, 1.54) is 0 Å². The summed E-state index contributed by atoms with van der Waals surface area (Å²) in [4.78, 5) is 11.9. The molecule has 1 saturated carbocycles. The number of benzene rings is 1. The van der Waals surface area contributed by atoms with Gasteiger partial charge in [0.2, 0.25) is 0 Å². The van der Waals surface area contributed by atoms with Crippen molar-refractivity contribution in [1.29, 1.82) is 0 Å². The van der Waals surface area contributed by atoms with Gasteiger partial charge in [-0.3, -0.25) is 9.48 Å². The van der Waals surface area contributed by atoms with E-state index in [-0.39, 0.29) is 0 Å². The van der Waals surface area contributed by atoms with Crippen LogP contribution in [0.5, 0.6) is 0 Å². The van der Waals surface area contributed by atoms with Gasteiger partial charge < -0.3 is 5.11 Å². The van der Waals surface area contributed by atoms with Gasteiger partial charge in [0.15, 0.2) is 0 Å². The van der Waals surface area contributed by atoms with Crippen LogP contribution in [-0.2, 0) is 18.3 Å². The number of carboxylic acid groups (broad SMARTS) is 1. The van der Waals surface area contributed by atoms with Crippen molar-refractivity contribution >= 4 is 16.9 Å². The zero-order chi connectivity index (χ0) is 15.0. The van der Waals surface area contributed by atoms with Gasteiger partial charge in [-0.2, -0.15) is 5.10 Å². The first kappa shape index (κ1) is 14.1. The molecule has 1 N–H and O–H groups in total. The smallest absolute Gasteiger partial charge is 0.310 e. The number of fused-ring (bicyclic) bond motifs is 1. The summed E-state index contributed by atoms with van der Waals surface area (Å²) in [6.45, 7) is 2.16. The van der Waals surface area contributed by atoms with E-state index in [1.54, 1.807) is 0 Å². The zero-order valence-electron chi connectivity index (χ0n) is 12.7. The van der Waals surface area contributed by atoms with Crippen molar-refractivity contribution < 1.29 is 9.90 Å². The Morgan fingerprint density at radius 3 is 2.95 bits per heavy atom. The molecule has 0 amide bonds. The summed E-state index contributed by atoms with van der Waals surface area (Å²) in [7, 11) is 1.92. The summed E-state index contributed by atoms with van der Waals surface area (Å²) >= 11 is 0. The molecule has 0 saturated heterocycles. The first-order valence-corrected chi connectivity index (χ1v) is 7.66. The van der Waals surface area contributed by atoms with Gasteiger partial charge in [-0.1, -0.05) is 38.0 Å². The topological polar surface area (TPSA) is 55.1 Å². The number of para-hydroxylation sites is 1. The molecule has 2 aromatic rings. The number of hydrogen-bond acceptors (Lipinski definition) is 2. The van der Waals surface area contributed by atoms with E-state index in [9.17, 15) is 9.90 Å². The number of hydrogen-bond donors (Lipinski definition) is 1. The van der Waals surface area contributed by atoms with Crippen molar-refractivity contribution in [3.8, 4) is 0 Å². The van der Waals surface area contributed by atoms with Crippen LogP contribution in [0.15, 0.2) is 24.3 Å². The third kappa shape index (κ3) is 2.43. The van der Waals surface area contributed by atoms with Crippen LogP contribution in [0.2, 0.25) is 0 Å². The van der Waals surface area contributed by atoms with Gasteiger partial charge in [-0.25, -0.2) is 0 Å². The van der Waals surface area contributed by atoms with Crippen LogP contribution in [0.25, 0.3) is 10.9 Å². The molecule has 1 aromatic carbocycles. The molecule has 2 unspecified atom stereocenters. The molecule has 4 heteroatoms.